The number of nitrogens with zero attached hydrogens (tertiary/aromatic N) is 2. The molecule has 3 aromatic rings. The minimum atomic E-state index is -0.116. The molecule has 1 unspecified atom stereocenters. The largest absolute Gasteiger partial charge is 0.467 e. The third-order valence-corrected chi connectivity index (χ3v) is 5.76. The summed E-state index contributed by atoms with van der Waals surface area (Å²) in [6.45, 7) is 3.83. The molecule has 22 heavy (non-hydrogen) atoms. The monoisotopic (exact) mass is 332 g/mol. The second-order valence-corrected chi connectivity index (χ2v) is 6.97. The molecule has 0 aromatic carbocycles. The first-order valence-electron chi connectivity index (χ1n) is 6.89. The fraction of sp³-hybridized carbons (Fsp3) is 0.250. The molecule has 0 aliphatic carbocycles. The maximum atomic E-state index is 12.7. The van der Waals surface area contributed by atoms with E-state index in [2.05, 4.69) is 4.98 Å². The summed E-state index contributed by atoms with van der Waals surface area (Å²) in [4.78, 5) is 20.7. The molecule has 0 aliphatic rings. The van der Waals surface area contributed by atoms with E-state index in [9.17, 15) is 4.79 Å². The van der Waals surface area contributed by atoms with Crippen LogP contribution in [0.3, 0.4) is 0 Å². The summed E-state index contributed by atoms with van der Waals surface area (Å²) in [6.07, 6.45) is 1.62. The number of thiophene rings is 1. The fourth-order valence-corrected chi connectivity index (χ4v) is 4.00. The van der Waals surface area contributed by atoms with E-state index in [0.717, 1.165) is 21.3 Å². The van der Waals surface area contributed by atoms with E-state index < -0.39 is 0 Å². The van der Waals surface area contributed by atoms with Crippen molar-refractivity contribution in [1.29, 1.82) is 0 Å². The first-order chi connectivity index (χ1) is 10.6. The first kappa shape index (κ1) is 15.0. The van der Waals surface area contributed by atoms with Crippen LogP contribution >= 0.6 is 22.7 Å². The number of hydrogen-bond donors (Lipinski definition) is 0. The van der Waals surface area contributed by atoms with Crippen LogP contribution in [0.2, 0.25) is 0 Å². The van der Waals surface area contributed by atoms with Crippen LogP contribution < -0.4 is 0 Å². The Morgan fingerprint density at radius 1 is 1.36 bits per heavy atom. The minimum Gasteiger partial charge on any atom is -0.467 e. The van der Waals surface area contributed by atoms with Crippen LogP contribution in [0.5, 0.6) is 0 Å². The topological polar surface area (TPSA) is 46.3 Å². The number of rotatable bonds is 4. The van der Waals surface area contributed by atoms with Crippen molar-refractivity contribution in [3.63, 3.8) is 0 Å². The smallest absolute Gasteiger partial charge is 0.266 e. The van der Waals surface area contributed by atoms with Crippen molar-refractivity contribution in [2.24, 2.45) is 0 Å². The summed E-state index contributed by atoms with van der Waals surface area (Å²) >= 11 is 3.08. The van der Waals surface area contributed by atoms with Gasteiger partial charge in [-0.05, 0) is 37.4 Å². The number of thiazole rings is 1. The number of hydrogen-bond acceptors (Lipinski definition) is 5. The van der Waals surface area contributed by atoms with Crippen molar-refractivity contribution in [3.8, 4) is 9.88 Å². The molecule has 0 fully saturated rings. The molecule has 4 nitrogen and oxygen atoms in total. The Bertz CT molecular complexity index is 760. The Morgan fingerprint density at radius 2 is 2.18 bits per heavy atom. The second kappa shape index (κ2) is 6.06. The van der Waals surface area contributed by atoms with Crippen molar-refractivity contribution >= 4 is 28.6 Å². The normalized spacial score (nSPS) is 12.3. The minimum absolute atomic E-state index is 0.0262. The van der Waals surface area contributed by atoms with Gasteiger partial charge in [0, 0.05) is 7.05 Å². The molecular weight excluding hydrogens is 316 g/mol. The zero-order valence-electron chi connectivity index (χ0n) is 12.6. The van der Waals surface area contributed by atoms with Gasteiger partial charge in [0.1, 0.15) is 15.6 Å². The molecule has 3 aromatic heterocycles. The zero-order chi connectivity index (χ0) is 15.7. The average Bonchev–Trinajstić information content (AvgIpc) is 3.25. The highest BCUT2D eigenvalue weighted by atomic mass is 32.1. The lowest BCUT2D eigenvalue weighted by molar-refractivity contribution is 0.0730. The molecule has 6 heteroatoms. The van der Waals surface area contributed by atoms with Crippen molar-refractivity contribution < 1.29 is 9.21 Å². The van der Waals surface area contributed by atoms with Gasteiger partial charge in [-0.2, -0.15) is 0 Å². The number of carbonyl (C=O) groups is 1. The van der Waals surface area contributed by atoms with E-state index in [1.54, 1.807) is 29.5 Å². The Labute approximate surface area is 137 Å². The molecule has 0 bridgehead atoms. The Morgan fingerprint density at radius 3 is 2.82 bits per heavy atom. The van der Waals surface area contributed by atoms with Crippen LogP contribution in [0.4, 0.5) is 0 Å². The van der Waals surface area contributed by atoms with E-state index >= 15 is 0 Å². The lowest BCUT2D eigenvalue weighted by atomic mass is 10.2. The summed E-state index contributed by atoms with van der Waals surface area (Å²) in [6, 6.07) is 7.60. The Balaban J connectivity index is 1.86. The average molecular weight is 332 g/mol. The van der Waals surface area contributed by atoms with Crippen molar-refractivity contribution in [2.45, 2.75) is 19.9 Å². The molecule has 1 atom stereocenters. The van der Waals surface area contributed by atoms with Gasteiger partial charge in [-0.25, -0.2) is 4.98 Å². The first-order valence-corrected chi connectivity index (χ1v) is 8.59. The van der Waals surface area contributed by atoms with Crippen LogP contribution in [-0.4, -0.2) is 22.8 Å². The van der Waals surface area contributed by atoms with E-state index in [1.165, 1.54) is 11.3 Å². The highest BCUT2D eigenvalue weighted by molar-refractivity contribution is 7.22. The molecule has 0 radical (unpaired) electrons. The molecule has 3 rings (SSSR count). The highest BCUT2D eigenvalue weighted by Gasteiger charge is 2.25. The lowest BCUT2D eigenvalue weighted by Gasteiger charge is -2.22. The summed E-state index contributed by atoms with van der Waals surface area (Å²) in [5, 5.41) is 2.91. The van der Waals surface area contributed by atoms with Gasteiger partial charge in [-0.1, -0.05) is 6.07 Å². The van der Waals surface area contributed by atoms with Crippen LogP contribution in [0.25, 0.3) is 9.88 Å². The fourth-order valence-electron chi connectivity index (χ4n) is 2.16. The second-order valence-electron chi connectivity index (χ2n) is 5.02. The zero-order valence-corrected chi connectivity index (χ0v) is 14.2. The van der Waals surface area contributed by atoms with E-state index in [0.29, 0.717) is 4.88 Å². The van der Waals surface area contributed by atoms with Gasteiger partial charge < -0.3 is 9.32 Å². The van der Waals surface area contributed by atoms with Gasteiger partial charge in [-0.3, -0.25) is 4.79 Å². The standard InChI is InChI=1S/C16H16N2O2S2/c1-10-14(22-15(17-10)13-7-5-9-21-13)16(19)18(3)11(2)12-6-4-8-20-12/h4-9,11H,1-3H3. The quantitative estimate of drug-likeness (QED) is 0.701. The van der Waals surface area contributed by atoms with E-state index in [4.69, 9.17) is 4.42 Å². The lowest BCUT2D eigenvalue weighted by Crippen LogP contribution is -2.29. The molecule has 0 saturated carbocycles. The third kappa shape index (κ3) is 2.71. The summed E-state index contributed by atoms with van der Waals surface area (Å²) in [5.41, 5.74) is 0.775. The molecule has 0 spiro atoms. The molecule has 0 N–H and O–H groups in total. The van der Waals surface area contributed by atoms with Crippen LogP contribution in [-0.2, 0) is 0 Å². The molecule has 0 aliphatic heterocycles. The number of aryl methyl sites for hydroxylation is 1. The highest BCUT2D eigenvalue weighted by Crippen LogP contribution is 2.32. The van der Waals surface area contributed by atoms with Gasteiger partial charge >= 0.3 is 0 Å². The number of carbonyl (C=O) groups excluding carboxylic acids is 1. The van der Waals surface area contributed by atoms with E-state index in [-0.39, 0.29) is 11.9 Å². The van der Waals surface area contributed by atoms with Crippen LogP contribution in [0.15, 0.2) is 40.3 Å². The predicted molar refractivity (Wildman–Crippen MR) is 89.4 cm³/mol. The number of amides is 1. The maximum absolute atomic E-state index is 12.7. The molecule has 114 valence electrons. The summed E-state index contributed by atoms with van der Waals surface area (Å²) < 4.78 is 5.39. The van der Waals surface area contributed by atoms with E-state index in [1.807, 2.05) is 43.5 Å². The number of aromatic nitrogens is 1. The Kier molecular flexibility index (Phi) is 4.13. The van der Waals surface area contributed by atoms with Crippen LogP contribution in [0.1, 0.15) is 34.1 Å². The molecular formula is C16H16N2O2S2. The van der Waals surface area contributed by atoms with Crippen LogP contribution in [0, 0.1) is 6.92 Å². The molecule has 1 amide bonds. The van der Waals surface area contributed by atoms with Crippen molar-refractivity contribution in [2.75, 3.05) is 7.05 Å². The maximum Gasteiger partial charge on any atom is 0.266 e. The van der Waals surface area contributed by atoms with Crippen molar-refractivity contribution in [3.05, 3.63) is 52.2 Å². The van der Waals surface area contributed by atoms with Crippen molar-refractivity contribution in [1.82, 2.24) is 9.88 Å². The number of furan rings is 1. The summed E-state index contributed by atoms with van der Waals surface area (Å²) in [5.74, 6) is 0.748. The van der Waals surface area contributed by atoms with Gasteiger partial charge in [-0.15, -0.1) is 22.7 Å². The van der Waals surface area contributed by atoms with Gasteiger partial charge in [0.05, 0.1) is 22.9 Å². The molecule has 0 saturated heterocycles. The van der Waals surface area contributed by atoms with Gasteiger partial charge in [0.15, 0.2) is 0 Å². The summed E-state index contributed by atoms with van der Waals surface area (Å²) in [7, 11) is 1.79. The molecule has 3 heterocycles. The van der Waals surface area contributed by atoms with Gasteiger partial charge in [0.2, 0.25) is 0 Å². The SMILES string of the molecule is Cc1nc(-c2cccs2)sc1C(=O)N(C)C(C)c1ccco1. The van der Waals surface area contributed by atoms with Gasteiger partial charge in [0.25, 0.3) is 5.91 Å². The predicted octanol–water partition coefficient (Wildman–Crippen LogP) is 4.61. The third-order valence-electron chi connectivity index (χ3n) is 3.58. The Hall–Kier alpha value is -1.92.